The Morgan fingerprint density at radius 1 is 1.46 bits per heavy atom. The van der Waals surface area contributed by atoms with Crippen LogP contribution in [0.5, 0.6) is 0 Å². The van der Waals surface area contributed by atoms with Crippen LogP contribution in [0, 0.1) is 6.92 Å². The number of ether oxygens (including phenoxy) is 1. The second-order valence-electron chi connectivity index (χ2n) is 4.84. The second-order valence-corrected chi connectivity index (χ2v) is 6.80. The number of fused-ring (bicyclic) bond motifs is 1. The number of nitrogens with one attached hydrogen (secondary N) is 2. The van der Waals surface area contributed by atoms with Crippen LogP contribution in [-0.4, -0.2) is 41.3 Å². The third-order valence-corrected chi connectivity index (χ3v) is 5.33. The van der Waals surface area contributed by atoms with Gasteiger partial charge < -0.3 is 15.0 Å². The van der Waals surface area contributed by atoms with E-state index < -0.39 is 5.97 Å². The maximum atomic E-state index is 12.3. The minimum atomic E-state index is -0.449. The van der Waals surface area contributed by atoms with Crippen molar-refractivity contribution in [1.29, 1.82) is 0 Å². The molecule has 0 unspecified atom stereocenters. The van der Waals surface area contributed by atoms with E-state index in [4.69, 9.17) is 4.74 Å². The van der Waals surface area contributed by atoms with E-state index in [0.717, 1.165) is 11.7 Å². The first-order valence-electron chi connectivity index (χ1n) is 7.53. The summed E-state index contributed by atoms with van der Waals surface area (Å²) in [6.07, 6.45) is 0. The molecule has 2 aromatic heterocycles. The van der Waals surface area contributed by atoms with Gasteiger partial charge in [0.05, 0.1) is 18.2 Å². The van der Waals surface area contributed by atoms with Gasteiger partial charge in [0.2, 0.25) is 0 Å². The zero-order chi connectivity index (χ0) is 17.7. The molecule has 24 heavy (non-hydrogen) atoms. The number of rotatable bonds is 5. The molecule has 0 fully saturated rings. The van der Waals surface area contributed by atoms with Crippen molar-refractivity contribution in [1.82, 2.24) is 15.3 Å². The van der Waals surface area contributed by atoms with Crippen LogP contribution in [0.2, 0.25) is 0 Å². The number of H-pyrrole nitrogens is 1. The molecule has 2 aromatic rings. The molecule has 0 aliphatic carbocycles. The minimum Gasteiger partial charge on any atom is -0.465 e. The first kappa shape index (κ1) is 18.5. The molecule has 0 saturated carbocycles. The highest BCUT2D eigenvalue weighted by Crippen LogP contribution is 2.27. The molecule has 2 heterocycles. The van der Waals surface area contributed by atoms with Crippen molar-refractivity contribution in [2.24, 2.45) is 4.99 Å². The number of amidine groups is 1. The Morgan fingerprint density at radius 2 is 2.21 bits per heavy atom. The predicted molar refractivity (Wildman–Crippen MR) is 99.3 cm³/mol. The number of nitrogens with zero attached hydrogens (tertiary/aromatic N) is 2. The van der Waals surface area contributed by atoms with Gasteiger partial charge in [0.15, 0.2) is 5.17 Å². The predicted octanol–water partition coefficient (Wildman–Crippen LogP) is 2.30. The molecule has 2 rings (SSSR count). The fourth-order valence-corrected chi connectivity index (χ4v) is 4.12. The van der Waals surface area contributed by atoms with E-state index in [1.807, 2.05) is 13.8 Å². The lowest BCUT2D eigenvalue weighted by atomic mass is 10.2. The number of hydrogen-bond donors (Lipinski definition) is 2. The van der Waals surface area contributed by atoms with Crippen LogP contribution in [0.3, 0.4) is 0 Å². The van der Waals surface area contributed by atoms with E-state index in [0.29, 0.717) is 38.8 Å². The summed E-state index contributed by atoms with van der Waals surface area (Å²) in [4.78, 5) is 36.7. The first-order chi connectivity index (χ1) is 11.5. The third kappa shape index (κ3) is 3.96. The maximum Gasteiger partial charge on any atom is 0.348 e. The number of methoxy groups -OCH3 is 1. The van der Waals surface area contributed by atoms with Gasteiger partial charge in [0.1, 0.15) is 15.5 Å². The zero-order valence-corrected chi connectivity index (χ0v) is 15.7. The summed E-state index contributed by atoms with van der Waals surface area (Å²) in [5.74, 6) is 0.592. The Bertz CT molecular complexity index is 826. The van der Waals surface area contributed by atoms with Crippen LogP contribution in [0.1, 0.15) is 34.9 Å². The maximum absolute atomic E-state index is 12.3. The summed E-state index contributed by atoms with van der Waals surface area (Å²) in [6, 6.07) is 0. The van der Waals surface area contributed by atoms with Gasteiger partial charge in [0.25, 0.3) is 5.56 Å². The molecular weight excluding hydrogens is 348 g/mol. The smallest absolute Gasteiger partial charge is 0.348 e. The Balaban J connectivity index is 2.32. The van der Waals surface area contributed by atoms with Crippen molar-refractivity contribution in [2.75, 3.05) is 20.2 Å². The Kier molecular flexibility index (Phi) is 6.38. The summed E-state index contributed by atoms with van der Waals surface area (Å²) in [5, 5.41) is 4.44. The first-order valence-corrected chi connectivity index (χ1v) is 9.33. The monoisotopic (exact) mass is 368 g/mol. The fraction of sp³-hybridized carbons (Fsp3) is 0.467. The van der Waals surface area contributed by atoms with Gasteiger partial charge in [-0.25, -0.2) is 9.78 Å². The zero-order valence-electron chi connectivity index (χ0n) is 14.1. The van der Waals surface area contributed by atoms with Crippen LogP contribution in [-0.2, 0) is 10.5 Å². The molecular formula is C15H20N4O3S2. The summed E-state index contributed by atoms with van der Waals surface area (Å²) in [5.41, 5.74) is 0.368. The third-order valence-electron chi connectivity index (χ3n) is 3.20. The molecule has 130 valence electrons. The highest BCUT2D eigenvalue weighted by molar-refractivity contribution is 8.13. The van der Waals surface area contributed by atoms with Crippen LogP contribution in [0.25, 0.3) is 10.2 Å². The average Bonchev–Trinajstić information content (AvgIpc) is 2.89. The molecule has 0 radical (unpaired) electrons. The molecule has 0 aliphatic heterocycles. The molecule has 0 aliphatic rings. The van der Waals surface area contributed by atoms with E-state index in [1.54, 1.807) is 6.92 Å². The molecule has 0 spiro atoms. The van der Waals surface area contributed by atoms with Crippen molar-refractivity contribution in [3.63, 3.8) is 0 Å². The van der Waals surface area contributed by atoms with Crippen molar-refractivity contribution in [2.45, 2.75) is 26.5 Å². The van der Waals surface area contributed by atoms with Crippen molar-refractivity contribution < 1.29 is 9.53 Å². The van der Waals surface area contributed by atoms with Gasteiger partial charge in [0, 0.05) is 13.1 Å². The van der Waals surface area contributed by atoms with Crippen LogP contribution < -0.4 is 10.9 Å². The van der Waals surface area contributed by atoms with Crippen LogP contribution in [0.4, 0.5) is 0 Å². The van der Waals surface area contributed by atoms with Gasteiger partial charge in [-0.15, -0.1) is 11.3 Å². The molecule has 0 aromatic carbocycles. The summed E-state index contributed by atoms with van der Waals surface area (Å²) in [7, 11) is 1.32. The lowest BCUT2D eigenvalue weighted by Crippen LogP contribution is -2.20. The molecule has 2 N–H and O–H groups in total. The summed E-state index contributed by atoms with van der Waals surface area (Å²) in [6.45, 7) is 7.16. The van der Waals surface area contributed by atoms with E-state index >= 15 is 0 Å². The SMILES string of the molecule is CCN=C(NCC)SCc1nc2sc(C(=O)OC)c(C)c2c(=O)[nH]1. The number of esters is 1. The number of thiophene rings is 1. The highest BCUT2D eigenvalue weighted by atomic mass is 32.2. The van der Waals surface area contributed by atoms with E-state index in [2.05, 4.69) is 20.3 Å². The highest BCUT2D eigenvalue weighted by Gasteiger charge is 2.19. The summed E-state index contributed by atoms with van der Waals surface area (Å²) < 4.78 is 4.75. The number of aromatic nitrogens is 2. The lowest BCUT2D eigenvalue weighted by Gasteiger charge is -2.06. The average molecular weight is 368 g/mol. The van der Waals surface area contributed by atoms with Gasteiger partial charge in [-0.1, -0.05) is 11.8 Å². The van der Waals surface area contributed by atoms with Crippen molar-refractivity contribution in [3.05, 3.63) is 26.6 Å². The number of hydrogen-bond acceptors (Lipinski definition) is 7. The van der Waals surface area contributed by atoms with Crippen molar-refractivity contribution in [3.8, 4) is 0 Å². The van der Waals surface area contributed by atoms with E-state index in [-0.39, 0.29) is 5.56 Å². The number of aliphatic imine (C=N–C) groups is 1. The summed E-state index contributed by atoms with van der Waals surface area (Å²) >= 11 is 2.66. The number of aromatic amines is 1. The molecule has 7 nitrogen and oxygen atoms in total. The van der Waals surface area contributed by atoms with E-state index in [1.165, 1.54) is 30.2 Å². The quantitative estimate of drug-likeness (QED) is 0.477. The Hall–Kier alpha value is -1.87. The molecule has 0 amide bonds. The minimum absolute atomic E-state index is 0.239. The van der Waals surface area contributed by atoms with Crippen LogP contribution >= 0.6 is 23.1 Å². The van der Waals surface area contributed by atoms with Gasteiger partial charge >= 0.3 is 5.97 Å². The van der Waals surface area contributed by atoms with Crippen molar-refractivity contribution >= 4 is 44.5 Å². The number of carbonyl (C=O) groups excluding carboxylic acids is 1. The topological polar surface area (TPSA) is 96.4 Å². The Morgan fingerprint density at radius 3 is 2.83 bits per heavy atom. The molecule has 9 heteroatoms. The van der Waals surface area contributed by atoms with Gasteiger partial charge in [-0.05, 0) is 26.3 Å². The lowest BCUT2D eigenvalue weighted by molar-refractivity contribution is 0.0605. The molecule has 0 saturated heterocycles. The normalized spacial score (nSPS) is 11.8. The van der Waals surface area contributed by atoms with Gasteiger partial charge in [-0.3, -0.25) is 9.79 Å². The Labute approximate surface area is 147 Å². The molecule has 0 atom stereocenters. The number of carbonyl (C=O) groups is 1. The van der Waals surface area contributed by atoms with Crippen LogP contribution in [0.15, 0.2) is 9.79 Å². The number of aryl methyl sites for hydroxylation is 1. The van der Waals surface area contributed by atoms with E-state index in [9.17, 15) is 9.59 Å². The van der Waals surface area contributed by atoms with Gasteiger partial charge in [-0.2, -0.15) is 0 Å². The standard InChI is InChI=1S/C15H20N4O3S2/c1-5-16-15(17-6-2)23-7-9-18-12(20)10-8(3)11(14(21)22-4)24-13(10)19-9/h5-7H2,1-4H3,(H,16,17)(H,18,19,20). The number of thioether (sulfide) groups is 1. The largest absolute Gasteiger partial charge is 0.465 e. The second kappa shape index (κ2) is 8.29. The fourth-order valence-electron chi connectivity index (χ4n) is 2.13. The molecule has 0 bridgehead atoms.